The average molecular weight is 240 g/mol. The van der Waals surface area contributed by atoms with Gasteiger partial charge in [-0.3, -0.25) is 4.79 Å². The number of rotatable bonds is 3. The molecule has 2 aliphatic rings. The zero-order valence-corrected chi connectivity index (χ0v) is 10.7. The zero-order chi connectivity index (χ0) is 12.3. The molecule has 2 rings (SSSR count). The number of nitrogens with two attached hydrogens (primary N) is 1. The summed E-state index contributed by atoms with van der Waals surface area (Å²) in [5.41, 5.74) is 6.01. The van der Waals surface area contributed by atoms with E-state index >= 15 is 0 Å². The molecule has 0 radical (unpaired) electrons. The van der Waals surface area contributed by atoms with E-state index in [1.54, 1.807) is 7.11 Å². The molecule has 0 bridgehead atoms. The van der Waals surface area contributed by atoms with Crippen molar-refractivity contribution in [2.24, 2.45) is 17.6 Å². The molecule has 1 aliphatic carbocycles. The van der Waals surface area contributed by atoms with Crippen molar-refractivity contribution in [3.8, 4) is 0 Å². The van der Waals surface area contributed by atoms with Crippen molar-refractivity contribution < 1.29 is 9.53 Å². The molecule has 1 saturated heterocycles. The number of methoxy groups -OCH3 is 1. The fraction of sp³-hybridized carbons (Fsp3) is 0.923. The van der Waals surface area contributed by atoms with E-state index < -0.39 is 0 Å². The smallest absolute Gasteiger partial charge is 0.227 e. The van der Waals surface area contributed by atoms with Crippen LogP contribution in [-0.4, -0.2) is 43.7 Å². The molecular formula is C13H24N2O2. The minimum Gasteiger partial charge on any atom is -0.384 e. The first-order valence-electron chi connectivity index (χ1n) is 6.75. The van der Waals surface area contributed by atoms with E-state index in [1.165, 1.54) is 6.42 Å². The van der Waals surface area contributed by atoms with Crippen LogP contribution in [0.2, 0.25) is 0 Å². The number of hydrogen-bond acceptors (Lipinski definition) is 3. The van der Waals surface area contributed by atoms with Crippen LogP contribution in [0.25, 0.3) is 0 Å². The van der Waals surface area contributed by atoms with Gasteiger partial charge in [0, 0.05) is 26.2 Å². The third-order valence-corrected chi connectivity index (χ3v) is 4.12. The van der Waals surface area contributed by atoms with Crippen molar-refractivity contribution in [1.29, 1.82) is 0 Å². The first-order valence-corrected chi connectivity index (χ1v) is 6.75. The summed E-state index contributed by atoms with van der Waals surface area (Å²) >= 11 is 0. The average Bonchev–Trinajstić information content (AvgIpc) is 2.75. The Kier molecular flexibility index (Phi) is 4.40. The SMILES string of the molecule is COC[C@@H]1CCCN(C(=O)[C@H]2CCC[C@@H]2N)C1. The normalized spacial score (nSPS) is 34.0. The lowest BCUT2D eigenvalue weighted by Crippen LogP contribution is -2.46. The number of ether oxygens (including phenoxy) is 1. The summed E-state index contributed by atoms with van der Waals surface area (Å²) in [6.07, 6.45) is 5.36. The maximum atomic E-state index is 12.4. The predicted molar refractivity (Wildman–Crippen MR) is 66.5 cm³/mol. The lowest BCUT2D eigenvalue weighted by molar-refractivity contribution is -0.138. The van der Waals surface area contributed by atoms with Crippen LogP contribution < -0.4 is 5.73 Å². The van der Waals surface area contributed by atoms with E-state index in [9.17, 15) is 4.79 Å². The minimum absolute atomic E-state index is 0.0799. The molecule has 98 valence electrons. The van der Waals surface area contributed by atoms with Gasteiger partial charge in [-0.15, -0.1) is 0 Å². The summed E-state index contributed by atoms with van der Waals surface area (Å²) in [5.74, 6) is 0.877. The molecule has 1 saturated carbocycles. The molecule has 1 aliphatic heterocycles. The highest BCUT2D eigenvalue weighted by molar-refractivity contribution is 5.80. The van der Waals surface area contributed by atoms with Gasteiger partial charge < -0.3 is 15.4 Å². The largest absolute Gasteiger partial charge is 0.384 e. The van der Waals surface area contributed by atoms with Crippen molar-refractivity contribution in [1.82, 2.24) is 4.90 Å². The molecule has 0 aromatic carbocycles. The summed E-state index contributed by atoms with van der Waals surface area (Å²) in [5, 5.41) is 0. The van der Waals surface area contributed by atoms with E-state index in [1.807, 2.05) is 4.90 Å². The van der Waals surface area contributed by atoms with E-state index in [0.717, 1.165) is 45.4 Å². The lowest BCUT2D eigenvalue weighted by atomic mass is 9.96. The van der Waals surface area contributed by atoms with Crippen LogP contribution in [0.1, 0.15) is 32.1 Å². The van der Waals surface area contributed by atoms with Crippen molar-refractivity contribution in [2.75, 3.05) is 26.8 Å². The maximum absolute atomic E-state index is 12.4. The van der Waals surface area contributed by atoms with Crippen LogP contribution in [0.3, 0.4) is 0 Å². The molecule has 2 fully saturated rings. The Bertz CT molecular complexity index is 268. The molecular weight excluding hydrogens is 216 g/mol. The standard InChI is InChI=1S/C13H24N2O2/c1-17-9-10-4-3-7-15(8-10)13(16)11-5-2-6-12(11)14/h10-12H,2-9,14H2,1H3/t10-,11+,12+/m1/s1. The predicted octanol–water partition coefficient (Wildman–Crippen LogP) is 0.999. The van der Waals surface area contributed by atoms with Crippen LogP contribution in [0.15, 0.2) is 0 Å². The highest BCUT2D eigenvalue weighted by atomic mass is 16.5. The van der Waals surface area contributed by atoms with Gasteiger partial charge in [0.05, 0.1) is 12.5 Å². The molecule has 2 N–H and O–H groups in total. The third-order valence-electron chi connectivity index (χ3n) is 4.12. The third kappa shape index (κ3) is 2.99. The van der Waals surface area contributed by atoms with Gasteiger partial charge in [0.15, 0.2) is 0 Å². The summed E-state index contributed by atoms with van der Waals surface area (Å²) < 4.78 is 5.19. The number of nitrogens with zero attached hydrogens (tertiary/aromatic N) is 1. The Hall–Kier alpha value is -0.610. The lowest BCUT2D eigenvalue weighted by Gasteiger charge is -2.34. The zero-order valence-electron chi connectivity index (χ0n) is 10.7. The van der Waals surface area contributed by atoms with E-state index in [0.29, 0.717) is 5.92 Å². The van der Waals surface area contributed by atoms with Gasteiger partial charge in [-0.25, -0.2) is 0 Å². The van der Waals surface area contributed by atoms with Gasteiger partial charge in [-0.1, -0.05) is 6.42 Å². The summed E-state index contributed by atoms with van der Waals surface area (Å²) in [6.45, 7) is 2.53. The molecule has 1 heterocycles. The number of carbonyl (C=O) groups is 1. The van der Waals surface area contributed by atoms with Crippen molar-refractivity contribution in [2.45, 2.75) is 38.1 Å². The monoisotopic (exact) mass is 240 g/mol. The molecule has 17 heavy (non-hydrogen) atoms. The van der Waals surface area contributed by atoms with Crippen LogP contribution in [0.5, 0.6) is 0 Å². The Balaban J connectivity index is 1.90. The second-order valence-electron chi connectivity index (χ2n) is 5.45. The second-order valence-corrected chi connectivity index (χ2v) is 5.45. The Morgan fingerprint density at radius 2 is 2.18 bits per heavy atom. The highest BCUT2D eigenvalue weighted by Gasteiger charge is 2.34. The number of amides is 1. The summed E-state index contributed by atoms with van der Waals surface area (Å²) in [6, 6.07) is 0.0882. The van der Waals surface area contributed by atoms with Gasteiger partial charge in [0.25, 0.3) is 0 Å². The quantitative estimate of drug-likeness (QED) is 0.800. The van der Waals surface area contributed by atoms with E-state index in [2.05, 4.69) is 0 Å². The molecule has 1 amide bonds. The Morgan fingerprint density at radius 1 is 1.35 bits per heavy atom. The molecule has 0 aromatic rings. The molecule has 3 atom stereocenters. The maximum Gasteiger partial charge on any atom is 0.227 e. The van der Waals surface area contributed by atoms with Crippen molar-refractivity contribution >= 4 is 5.91 Å². The van der Waals surface area contributed by atoms with Gasteiger partial charge in [-0.2, -0.15) is 0 Å². The first kappa shape index (κ1) is 12.8. The topological polar surface area (TPSA) is 55.6 Å². The summed E-state index contributed by atoms with van der Waals surface area (Å²) in [4.78, 5) is 14.4. The fourth-order valence-electron chi connectivity index (χ4n) is 3.17. The van der Waals surface area contributed by atoms with E-state index in [4.69, 9.17) is 10.5 Å². The van der Waals surface area contributed by atoms with Gasteiger partial charge in [-0.05, 0) is 31.6 Å². The Labute approximate surface area is 103 Å². The van der Waals surface area contributed by atoms with Crippen LogP contribution >= 0.6 is 0 Å². The Morgan fingerprint density at radius 3 is 2.82 bits per heavy atom. The highest BCUT2D eigenvalue weighted by Crippen LogP contribution is 2.27. The minimum atomic E-state index is 0.0799. The van der Waals surface area contributed by atoms with Gasteiger partial charge in [0.2, 0.25) is 5.91 Å². The number of hydrogen-bond donors (Lipinski definition) is 1. The summed E-state index contributed by atoms with van der Waals surface area (Å²) in [7, 11) is 1.73. The fourth-order valence-corrected chi connectivity index (χ4v) is 3.17. The van der Waals surface area contributed by atoms with Crippen LogP contribution in [0, 0.1) is 11.8 Å². The number of piperidine rings is 1. The molecule has 0 aromatic heterocycles. The molecule has 0 unspecified atom stereocenters. The van der Waals surface area contributed by atoms with Gasteiger partial charge in [0.1, 0.15) is 0 Å². The van der Waals surface area contributed by atoms with Crippen molar-refractivity contribution in [3.63, 3.8) is 0 Å². The van der Waals surface area contributed by atoms with Gasteiger partial charge >= 0.3 is 0 Å². The second kappa shape index (κ2) is 5.83. The van der Waals surface area contributed by atoms with Crippen LogP contribution in [-0.2, 0) is 9.53 Å². The number of carbonyl (C=O) groups excluding carboxylic acids is 1. The number of likely N-dealkylation sites (tertiary alicyclic amines) is 1. The molecule has 4 heteroatoms. The molecule has 0 spiro atoms. The van der Waals surface area contributed by atoms with Crippen LogP contribution in [0.4, 0.5) is 0 Å². The van der Waals surface area contributed by atoms with Crippen molar-refractivity contribution in [3.05, 3.63) is 0 Å². The first-order chi connectivity index (χ1) is 8.22. The van der Waals surface area contributed by atoms with E-state index in [-0.39, 0.29) is 17.9 Å². The molecule has 4 nitrogen and oxygen atoms in total.